The van der Waals surface area contributed by atoms with Gasteiger partial charge in [-0.2, -0.15) is 0 Å². The van der Waals surface area contributed by atoms with Crippen molar-refractivity contribution in [3.8, 4) is 5.75 Å². The minimum absolute atomic E-state index is 0. The maximum Gasteiger partial charge on any atom is 0.193 e. The number of anilines is 2. The number of hydrogen-bond acceptors (Lipinski definition) is 4. The molecule has 1 saturated heterocycles. The summed E-state index contributed by atoms with van der Waals surface area (Å²) in [7, 11) is 0. The van der Waals surface area contributed by atoms with Crippen molar-refractivity contribution in [2.24, 2.45) is 10.7 Å². The average molecular weight is 496 g/mol. The first-order valence-corrected chi connectivity index (χ1v) is 9.36. The van der Waals surface area contributed by atoms with Crippen LogP contribution in [0.5, 0.6) is 5.75 Å². The van der Waals surface area contributed by atoms with Gasteiger partial charge in [-0.1, -0.05) is 18.2 Å². The zero-order chi connectivity index (χ0) is 19.1. The highest BCUT2D eigenvalue weighted by atomic mass is 127. The van der Waals surface area contributed by atoms with Crippen molar-refractivity contribution in [1.82, 2.24) is 0 Å². The van der Waals surface area contributed by atoms with E-state index in [1.165, 1.54) is 5.69 Å². The molecule has 1 aliphatic heterocycles. The van der Waals surface area contributed by atoms with Gasteiger partial charge in [0.05, 0.1) is 25.9 Å². The van der Waals surface area contributed by atoms with Crippen LogP contribution in [0.25, 0.3) is 0 Å². The fourth-order valence-corrected chi connectivity index (χ4v) is 3.00. The van der Waals surface area contributed by atoms with Crippen LogP contribution >= 0.6 is 24.0 Å². The monoisotopic (exact) mass is 496 g/mol. The summed E-state index contributed by atoms with van der Waals surface area (Å²) >= 11 is 0. The second-order valence-electron chi connectivity index (χ2n) is 6.75. The maximum absolute atomic E-state index is 6.07. The van der Waals surface area contributed by atoms with Crippen LogP contribution in [-0.2, 0) is 11.3 Å². The Kier molecular flexibility index (Phi) is 8.85. The summed E-state index contributed by atoms with van der Waals surface area (Å²) in [4.78, 5) is 6.85. The zero-order valence-electron chi connectivity index (χ0n) is 16.4. The van der Waals surface area contributed by atoms with E-state index in [2.05, 4.69) is 33.4 Å². The van der Waals surface area contributed by atoms with Crippen LogP contribution in [0.1, 0.15) is 19.4 Å². The molecule has 2 aromatic rings. The molecule has 0 aliphatic carbocycles. The molecule has 0 unspecified atom stereocenters. The van der Waals surface area contributed by atoms with E-state index in [-0.39, 0.29) is 30.1 Å². The molecular weight excluding hydrogens is 467 g/mol. The molecule has 1 heterocycles. The second-order valence-corrected chi connectivity index (χ2v) is 6.75. The minimum Gasteiger partial charge on any atom is -0.491 e. The Morgan fingerprint density at radius 1 is 1.14 bits per heavy atom. The third-order valence-electron chi connectivity index (χ3n) is 4.26. The van der Waals surface area contributed by atoms with E-state index >= 15 is 0 Å². The lowest BCUT2D eigenvalue weighted by Gasteiger charge is -2.30. The molecule has 0 amide bonds. The van der Waals surface area contributed by atoms with Crippen molar-refractivity contribution in [2.75, 3.05) is 36.5 Å². The van der Waals surface area contributed by atoms with Crippen LogP contribution in [0.4, 0.5) is 11.4 Å². The summed E-state index contributed by atoms with van der Waals surface area (Å²) in [6.07, 6.45) is 0.155. The minimum atomic E-state index is 0. The number of rotatable bonds is 6. The molecule has 2 aromatic carbocycles. The Balaban J connectivity index is 0.00000280. The molecule has 3 rings (SSSR count). The molecule has 6 nitrogen and oxygen atoms in total. The van der Waals surface area contributed by atoms with E-state index in [9.17, 15) is 0 Å². The van der Waals surface area contributed by atoms with E-state index < -0.39 is 0 Å². The highest BCUT2D eigenvalue weighted by Crippen LogP contribution is 2.22. The molecule has 0 atom stereocenters. The third-order valence-corrected chi connectivity index (χ3v) is 4.26. The highest BCUT2D eigenvalue weighted by molar-refractivity contribution is 14.0. The number of benzene rings is 2. The van der Waals surface area contributed by atoms with E-state index in [4.69, 9.17) is 15.2 Å². The number of nitrogens with two attached hydrogens (primary N) is 1. The van der Waals surface area contributed by atoms with Crippen LogP contribution in [0.15, 0.2) is 53.5 Å². The number of aliphatic imine (C=N–C) groups is 1. The first kappa shape index (κ1) is 22.3. The summed E-state index contributed by atoms with van der Waals surface area (Å²) in [5.74, 6) is 1.23. The van der Waals surface area contributed by atoms with Crippen LogP contribution in [0.3, 0.4) is 0 Å². The van der Waals surface area contributed by atoms with Gasteiger partial charge in [-0.15, -0.1) is 24.0 Å². The van der Waals surface area contributed by atoms with E-state index in [0.717, 1.165) is 43.3 Å². The number of guanidine groups is 1. The predicted octanol–water partition coefficient (Wildman–Crippen LogP) is 3.86. The van der Waals surface area contributed by atoms with Gasteiger partial charge in [0.25, 0.3) is 0 Å². The lowest BCUT2D eigenvalue weighted by Crippen LogP contribution is -2.36. The van der Waals surface area contributed by atoms with Crippen molar-refractivity contribution >= 4 is 41.3 Å². The molecule has 0 spiro atoms. The lowest BCUT2D eigenvalue weighted by atomic mass is 10.1. The van der Waals surface area contributed by atoms with Crippen LogP contribution in [0.2, 0.25) is 0 Å². The zero-order valence-corrected chi connectivity index (χ0v) is 18.8. The number of halogens is 1. The number of ether oxygens (including phenoxy) is 2. The highest BCUT2D eigenvalue weighted by Gasteiger charge is 2.14. The third kappa shape index (κ3) is 6.56. The van der Waals surface area contributed by atoms with Gasteiger partial charge >= 0.3 is 0 Å². The molecule has 0 bridgehead atoms. The van der Waals surface area contributed by atoms with Gasteiger partial charge in [0.15, 0.2) is 5.96 Å². The Morgan fingerprint density at radius 2 is 1.82 bits per heavy atom. The normalized spacial score (nSPS) is 14.5. The number of morpholine rings is 1. The molecule has 28 heavy (non-hydrogen) atoms. The van der Waals surface area contributed by atoms with E-state index in [1.807, 2.05) is 44.2 Å². The maximum atomic E-state index is 6.07. The fourth-order valence-electron chi connectivity index (χ4n) is 3.00. The first-order chi connectivity index (χ1) is 13.1. The lowest BCUT2D eigenvalue weighted by molar-refractivity contribution is 0.122. The Labute approximate surface area is 184 Å². The predicted molar refractivity (Wildman–Crippen MR) is 126 cm³/mol. The summed E-state index contributed by atoms with van der Waals surface area (Å²) in [5, 5.41) is 3.13. The molecule has 0 aromatic heterocycles. The Bertz CT molecular complexity index is 759. The summed E-state index contributed by atoms with van der Waals surface area (Å²) in [6, 6.07) is 16.0. The van der Waals surface area contributed by atoms with Crippen LogP contribution in [0, 0.1) is 0 Å². The molecule has 0 radical (unpaired) electrons. The summed E-state index contributed by atoms with van der Waals surface area (Å²) in [6.45, 7) is 7.87. The van der Waals surface area contributed by atoms with E-state index in [1.54, 1.807) is 0 Å². The summed E-state index contributed by atoms with van der Waals surface area (Å²) < 4.78 is 11.1. The molecule has 7 heteroatoms. The molecule has 3 N–H and O–H groups in total. The number of nitrogens with zero attached hydrogens (tertiary/aromatic N) is 2. The number of nitrogens with one attached hydrogen (secondary N) is 1. The SMILES string of the molecule is CC(C)Oc1ccc(NC(N)=NCc2ccccc2N2CCOCC2)cc1.I. The second kappa shape index (κ2) is 11.1. The molecule has 1 aliphatic rings. The van der Waals surface area contributed by atoms with Crippen molar-refractivity contribution in [3.05, 3.63) is 54.1 Å². The van der Waals surface area contributed by atoms with Crippen molar-refractivity contribution in [1.29, 1.82) is 0 Å². The van der Waals surface area contributed by atoms with Gasteiger partial charge in [0, 0.05) is 24.5 Å². The van der Waals surface area contributed by atoms with Crippen molar-refractivity contribution in [2.45, 2.75) is 26.5 Å². The van der Waals surface area contributed by atoms with Crippen LogP contribution in [-0.4, -0.2) is 38.4 Å². The number of hydrogen-bond donors (Lipinski definition) is 2. The Hall–Kier alpha value is -2.00. The van der Waals surface area contributed by atoms with Crippen molar-refractivity contribution < 1.29 is 9.47 Å². The number of para-hydroxylation sites is 1. The van der Waals surface area contributed by atoms with Crippen LogP contribution < -0.4 is 20.7 Å². The average Bonchev–Trinajstić information content (AvgIpc) is 2.68. The fraction of sp³-hybridized carbons (Fsp3) is 0.381. The standard InChI is InChI=1S/C21H28N4O2.HI/c1-16(2)27-19-9-7-18(8-10-19)24-21(22)23-15-17-5-3-4-6-20(17)25-11-13-26-14-12-25;/h3-10,16H,11-15H2,1-2H3,(H3,22,23,24);1H. The van der Waals surface area contributed by atoms with Gasteiger partial charge in [-0.05, 0) is 49.7 Å². The van der Waals surface area contributed by atoms with Gasteiger partial charge in [-0.25, -0.2) is 4.99 Å². The van der Waals surface area contributed by atoms with E-state index in [0.29, 0.717) is 12.5 Å². The van der Waals surface area contributed by atoms with Gasteiger partial charge in [-0.3, -0.25) is 0 Å². The Morgan fingerprint density at radius 3 is 2.50 bits per heavy atom. The first-order valence-electron chi connectivity index (χ1n) is 9.36. The van der Waals surface area contributed by atoms with Gasteiger partial charge in [0.2, 0.25) is 0 Å². The van der Waals surface area contributed by atoms with Crippen molar-refractivity contribution in [3.63, 3.8) is 0 Å². The topological polar surface area (TPSA) is 72.1 Å². The largest absolute Gasteiger partial charge is 0.491 e. The smallest absolute Gasteiger partial charge is 0.193 e. The summed E-state index contributed by atoms with van der Waals surface area (Å²) in [5.41, 5.74) is 9.32. The molecule has 152 valence electrons. The van der Waals surface area contributed by atoms with Gasteiger partial charge in [0.1, 0.15) is 5.75 Å². The molecule has 0 saturated carbocycles. The quantitative estimate of drug-likeness (QED) is 0.361. The molecular formula is C21H29IN4O2. The van der Waals surface area contributed by atoms with Gasteiger partial charge < -0.3 is 25.4 Å². The molecule has 1 fully saturated rings.